The molecule has 0 spiro atoms. The fourth-order valence-electron chi connectivity index (χ4n) is 0.303. The lowest BCUT2D eigenvalue weighted by atomic mass is 10.1. The molecule has 4 nitrogen and oxygen atoms in total. The normalized spacial score (nSPS) is 8.00. The van der Waals surface area contributed by atoms with Crippen molar-refractivity contribution in [2.24, 2.45) is 11.7 Å². The minimum Gasteiger partial charge on any atom is -0.325 e. The van der Waals surface area contributed by atoms with Gasteiger partial charge in [-0.25, -0.2) is 0 Å². The van der Waals surface area contributed by atoms with E-state index in [0.29, 0.717) is 0 Å². The van der Waals surface area contributed by atoms with Gasteiger partial charge in [-0.3, -0.25) is 0 Å². The zero-order valence-electron chi connectivity index (χ0n) is 4.76. The third-order valence-corrected chi connectivity index (χ3v) is 0.827. The van der Waals surface area contributed by atoms with Crippen molar-refractivity contribution in [1.82, 2.24) is 0 Å². The van der Waals surface area contributed by atoms with Gasteiger partial charge in [0.15, 0.2) is 5.92 Å². The van der Waals surface area contributed by atoms with Crippen LogP contribution >= 0.6 is 0 Å². The zero-order valence-corrected chi connectivity index (χ0v) is 4.76. The van der Waals surface area contributed by atoms with E-state index in [-0.39, 0.29) is 12.3 Å². The number of hydrogen-bond acceptors (Lipinski definition) is 4. The SMILES string of the molecule is N#CC(C#N)C(=N)CN. The Morgan fingerprint density at radius 1 is 1.56 bits per heavy atom. The third kappa shape index (κ3) is 1.89. The van der Waals surface area contributed by atoms with Gasteiger partial charge in [-0.05, 0) is 0 Å². The quantitative estimate of drug-likeness (QED) is 0.489. The van der Waals surface area contributed by atoms with Crippen LogP contribution in [-0.4, -0.2) is 12.3 Å². The van der Waals surface area contributed by atoms with Crippen LogP contribution in [-0.2, 0) is 0 Å². The predicted octanol–water partition coefficient (Wildman–Crippen LogP) is -0.372. The fraction of sp³-hybridized carbons (Fsp3) is 0.400. The molecule has 0 bridgehead atoms. The van der Waals surface area contributed by atoms with Crippen LogP contribution in [0.25, 0.3) is 0 Å². The number of hydrogen-bond donors (Lipinski definition) is 2. The smallest absolute Gasteiger partial charge is 0.171 e. The summed E-state index contributed by atoms with van der Waals surface area (Å²) >= 11 is 0. The van der Waals surface area contributed by atoms with Crippen LogP contribution in [0.5, 0.6) is 0 Å². The first-order valence-electron chi connectivity index (χ1n) is 2.33. The van der Waals surface area contributed by atoms with Crippen LogP contribution in [0.15, 0.2) is 0 Å². The highest BCUT2D eigenvalue weighted by Gasteiger charge is 2.09. The molecule has 0 saturated carbocycles. The Kier molecular flexibility index (Phi) is 3.04. The monoisotopic (exact) mass is 122 g/mol. The summed E-state index contributed by atoms with van der Waals surface area (Å²) in [6, 6.07) is 3.27. The molecule has 0 atom stereocenters. The molecule has 0 aliphatic carbocycles. The first kappa shape index (κ1) is 7.61. The molecule has 0 radical (unpaired) electrons. The molecule has 0 aromatic carbocycles. The van der Waals surface area contributed by atoms with Crippen molar-refractivity contribution in [1.29, 1.82) is 15.9 Å². The highest BCUT2D eigenvalue weighted by molar-refractivity contribution is 5.89. The summed E-state index contributed by atoms with van der Waals surface area (Å²) in [6.07, 6.45) is 0. The maximum absolute atomic E-state index is 8.16. The van der Waals surface area contributed by atoms with E-state index in [0.717, 1.165) is 0 Å². The lowest BCUT2D eigenvalue weighted by Gasteiger charge is -1.95. The minimum absolute atomic E-state index is 0.0220. The molecule has 46 valence electrons. The van der Waals surface area contributed by atoms with Gasteiger partial charge in [0.1, 0.15) is 0 Å². The van der Waals surface area contributed by atoms with Crippen molar-refractivity contribution >= 4 is 5.71 Å². The second-order valence-corrected chi connectivity index (χ2v) is 1.42. The molecule has 0 heterocycles. The molecule has 0 rings (SSSR count). The van der Waals surface area contributed by atoms with Crippen molar-refractivity contribution in [3.8, 4) is 12.1 Å². The Bertz CT molecular complexity index is 168. The van der Waals surface area contributed by atoms with E-state index in [2.05, 4.69) is 0 Å². The lowest BCUT2D eigenvalue weighted by molar-refractivity contribution is 1.07. The molecule has 0 fully saturated rings. The van der Waals surface area contributed by atoms with Crippen LogP contribution in [0.1, 0.15) is 0 Å². The summed E-state index contributed by atoms with van der Waals surface area (Å²) in [4.78, 5) is 0. The van der Waals surface area contributed by atoms with Crippen molar-refractivity contribution < 1.29 is 0 Å². The van der Waals surface area contributed by atoms with Gasteiger partial charge in [-0.2, -0.15) is 10.5 Å². The van der Waals surface area contributed by atoms with Gasteiger partial charge in [0.2, 0.25) is 0 Å². The Morgan fingerprint density at radius 2 is 2.00 bits per heavy atom. The van der Waals surface area contributed by atoms with E-state index in [1.807, 2.05) is 0 Å². The van der Waals surface area contributed by atoms with E-state index < -0.39 is 5.92 Å². The Balaban J connectivity index is 4.05. The molecular formula is C5H6N4. The van der Waals surface area contributed by atoms with E-state index in [4.69, 9.17) is 21.7 Å². The van der Waals surface area contributed by atoms with Crippen molar-refractivity contribution in [2.75, 3.05) is 6.54 Å². The highest BCUT2D eigenvalue weighted by Crippen LogP contribution is 1.91. The van der Waals surface area contributed by atoms with E-state index in [1.54, 1.807) is 12.1 Å². The lowest BCUT2D eigenvalue weighted by Crippen LogP contribution is -2.19. The third-order valence-electron chi connectivity index (χ3n) is 0.827. The number of nitrogens with two attached hydrogens (primary N) is 1. The van der Waals surface area contributed by atoms with Crippen molar-refractivity contribution in [3.63, 3.8) is 0 Å². The van der Waals surface area contributed by atoms with Crippen LogP contribution in [0.3, 0.4) is 0 Å². The van der Waals surface area contributed by atoms with Gasteiger partial charge in [0.05, 0.1) is 17.9 Å². The number of nitrogens with one attached hydrogen (secondary N) is 1. The molecule has 0 aromatic heterocycles. The van der Waals surface area contributed by atoms with Crippen LogP contribution in [0.2, 0.25) is 0 Å². The fourth-order valence-corrected chi connectivity index (χ4v) is 0.303. The molecule has 3 N–H and O–H groups in total. The van der Waals surface area contributed by atoms with Gasteiger partial charge in [0.25, 0.3) is 0 Å². The van der Waals surface area contributed by atoms with E-state index in [1.165, 1.54) is 0 Å². The van der Waals surface area contributed by atoms with Crippen LogP contribution in [0, 0.1) is 34.0 Å². The van der Waals surface area contributed by atoms with Crippen LogP contribution in [0.4, 0.5) is 0 Å². The molecule has 0 amide bonds. The average Bonchev–Trinajstić information content (AvgIpc) is 1.90. The molecule has 9 heavy (non-hydrogen) atoms. The number of nitriles is 2. The maximum Gasteiger partial charge on any atom is 0.171 e. The molecule has 0 unspecified atom stereocenters. The Labute approximate surface area is 53.0 Å². The maximum atomic E-state index is 8.16. The summed E-state index contributed by atoms with van der Waals surface area (Å²) in [5, 5.41) is 23.2. The van der Waals surface area contributed by atoms with E-state index >= 15 is 0 Å². The summed E-state index contributed by atoms with van der Waals surface area (Å²) in [5.41, 5.74) is 4.97. The van der Waals surface area contributed by atoms with Gasteiger partial charge >= 0.3 is 0 Å². The standard InChI is InChI=1S/C5H6N4/c6-1-4(2-7)5(9)3-8/h4,9H,3,8H2. The molecule has 0 aliphatic heterocycles. The highest BCUT2D eigenvalue weighted by atomic mass is 14.6. The summed E-state index contributed by atoms with van der Waals surface area (Å²) in [6.45, 7) is -0.0220. The second-order valence-electron chi connectivity index (χ2n) is 1.42. The molecule has 4 heteroatoms. The minimum atomic E-state index is -0.963. The molecule has 0 saturated heterocycles. The predicted molar refractivity (Wildman–Crippen MR) is 31.5 cm³/mol. The van der Waals surface area contributed by atoms with Gasteiger partial charge in [-0.15, -0.1) is 0 Å². The first-order valence-corrected chi connectivity index (χ1v) is 2.33. The second kappa shape index (κ2) is 3.59. The molecule has 0 aliphatic rings. The van der Waals surface area contributed by atoms with Gasteiger partial charge in [0, 0.05) is 6.54 Å². The van der Waals surface area contributed by atoms with E-state index in [9.17, 15) is 0 Å². The topological polar surface area (TPSA) is 97.5 Å². The summed E-state index contributed by atoms with van der Waals surface area (Å²) in [7, 11) is 0. The van der Waals surface area contributed by atoms with Crippen molar-refractivity contribution in [3.05, 3.63) is 0 Å². The Morgan fingerprint density at radius 3 is 2.11 bits per heavy atom. The summed E-state index contributed by atoms with van der Waals surface area (Å²) < 4.78 is 0. The number of rotatable bonds is 2. The van der Waals surface area contributed by atoms with Gasteiger partial charge < -0.3 is 11.1 Å². The number of nitrogens with zero attached hydrogens (tertiary/aromatic N) is 2. The Hall–Kier alpha value is -1.39. The average molecular weight is 122 g/mol. The first-order chi connectivity index (χ1) is 4.26. The zero-order chi connectivity index (χ0) is 7.28. The largest absolute Gasteiger partial charge is 0.325 e. The molecule has 0 aromatic rings. The summed E-state index contributed by atoms with van der Waals surface area (Å²) in [5.74, 6) is -0.963. The van der Waals surface area contributed by atoms with Gasteiger partial charge in [-0.1, -0.05) is 0 Å². The van der Waals surface area contributed by atoms with Crippen molar-refractivity contribution in [2.45, 2.75) is 0 Å². The molecular weight excluding hydrogens is 116 g/mol. The van der Waals surface area contributed by atoms with Crippen LogP contribution < -0.4 is 5.73 Å².